The van der Waals surface area contributed by atoms with Crippen LogP contribution in [0, 0.1) is 5.82 Å². The van der Waals surface area contributed by atoms with Gasteiger partial charge in [0.2, 0.25) is 5.91 Å². The van der Waals surface area contributed by atoms with E-state index in [1.54, 1.807) is 6.07 Å². The van der Waals surface area contributed by atoms with Gasteiger partial charge in [0.15, 0.2) is 0 Å². The second-order valence-electron chi connectivity index (χ2n) is 5.86. The zero-order valence-corrected chi connectivity index (χ0v) is 13.8. The molecule has 2 aromatic carbocycles. The van der Waals surface area contributed by atoms with E-state index in [2.05, 4.69) is 10.6 Å². The van der Waals surface area contributed by atoms with Gasteiger partial charge in [-0.15, -0.1) is 0 Å². The van der Waals surface area contributed by atoms with Gasteiger partial charge in [0.1, 0.15) is 24.2 Å². The van der Waals surface area contributed by atoms with Crippen LogP contribution in [0.15, 0.2) is 48.5 Å². The molecule has 0 spiro atoms. The summed E-state index contributed by atoms with van der Waals surface area (Å²) in [6.45, 7) is 2.48. The SMILES string of the molecule is O=C(NCc1ccc(OCc2cccc(F)c2)cc1)[C@H]1COCCN1. The van der Waals surface area contributed by atoms with E-state index >= 15 is 0 Å². The number of halogens is 1. The Morgan fingerprint density at radius 1 is 1.24 bits per heavy atom. The summed E-state index contributed by atoms with van der Waals surface area (Å²) in [5, 5.41) is 6.01. The van der Waals surface area contributed by atoms with Crippen LogP contribution < -0.4 is 15.4 Å². The Labute approximate surface area is 146 Å². The lowest BCUT2D eigenvalue weighted by molar-refractivity contribution is -0.126. The van der Waals surface area contributed by atoms with E-state index in [1.807, 2.05) is 30.3 Å². The smallest absolute Gasteiger partial charge is 0.239 e. The first-order valence-electron chi connectivity index (χ1n) is 8.26. The topological polar surface area (TPSA) is 59.6 Å². The molecule has 1 atom stereocenters. The highest BCUT2D eigenvalue weighted by Gasteiger charge is 2.20. The Kier molecular flexibility index (Phi) is 5.98. The minimum absolute atomic E-state index is 0.0638. The van der Waals surface area contributed by atoms with Gasteiger partial charge in [0.05, 0.1) is 13.2 Å². The molecule has 0 radical (unpaired) electrons. The van der Waals surface area contributed by atoms with Gasteiger partial charge in [-0.2, -0.15) is 0 Å². The number of nitrogens with one attached hydrogen (secondary N) is 2. The summed E-state index contributed by atoms with van der Waals surface area (Å²) >= 11 is 0. The molecule has 0 saturated carbocycles. The van der Waals surface area contributed by atoms with Gasteiger partial charge in [0.25, 0.3) is 0 Å². The van der Waals surface area contributed by atoms with E-state index < -0.39 is 0 Å². The normalized spacial score (nSPS) is 17.1. The van der Waals surface area contributed by atoms with Crippen LogP contribution in [0.4, 0.5) is 4.39 Å². The lowest BCUT2D eigenvalue weighted by Gasteiger charge is -2.22. The maximum Gasteiger partial charge on any atom is 0.239 e. The summed E-state index contributed by atoms with van der Waals surface area (Å²) in [4.78, 5) is 12.0. The van der Waals surface area contributed by atoms with Crippen LogP contribution >= 0.6 is 0 Å². The molecular weight excluding hydrogens is 323 g/mol. The minimum atomic E-state index is -0.289. The van der Waals surface area contributed by atoms with Crippen LogP contribution in [-0.2, 0) is 22.7 Å². The highest BCUT2D eigenvalue weighted by molar-refractivity contribution is 5.81. The maximum atomic E-state index is 13.1. The molecule has 1 amide bonds. The van der Waals surface area contributed by atoms with Crippen LogP contribution in [0.5, 0.6) is 5.75 Å². The van der Waals surface area contributed by atoms with Crippen molar-refractivity contribution in [3.8, 4) is 5.75 Å². The molecule has 3 rings (SSSR count). The number of rotatable bonds is 6. The zero-order valence-electron chi connectivity index (χ0n) is 13.8. The van der Waals surface area contributed by atoms with Crippen molar-refractivity contribution >= 4 is 5.91 Å². The molecule has 1 aliphatic heterocycles. The largest absolute Gasteiger partial charge is 0.489 e. The van der Waals surface area contributed by atoms with Crippen LogP contribution in [0.1, 0.15) is 11.1 Å². The van der Waals surface area contributed by atoms with Gasteiger partial charge in [-0.1, -0.05) is 24.3 Å². The van der Waals surface area contributed by atoms with Crippen LogP contribution in [0.3, 0.4) is 0 Å². The van der Waals surface area contributed by atoms with Crippen molar-refractivity contribution < 1.29 is 18.7 Å². The first-order chi connectivity index (χ1) is 12.2. The van der Waals surface area contributed by atoms with E-state index in [4.69, 9.17) is 9.47 Å². The summed E-state index contributed by atoms with van der Waals surface area (Å²) in [6.07, 6.45) is 0. The molecule has 25 heavy (non-hydrogen) atoms. The van der Waals surface area contributed by atoms with Crippen molar-refractivity contribution in [3.05, 3.63) is 65.5 Å². The number of benzene rings is 2. The zero-order chi connectivity index (χ0) is 17.5. The Bertz CT molecular complexity index is 700. The average Bonchev–Trinajstić information content (AvgIpc) is 2.66. The van der Waals surface area contributed by atoms with E-state index in [9.17, 15) is 9.18 Å². The lowest BCUT2D eigenvalue weighted by atomic mass is 10.2. The predicted molar refractivity (Wildman–Crippen MR) is 91.6 cm³/mol. The van der Waals surface area contributed by atoms with Crippen molar-refractivity contribution in [2.45, 2.75) is 19.2 Å². The van der Waals surface area contributed by atoms with E-state index in [-0.39, 0.29) is 17.8 Å². The molecule has 2 N–H and O–H groups in total. The third kappa shape index (κ3) is 5.27. The van der Waals surface area contributed by atoms with Gasteiger partial charge in [0, 0.05) is 13.1 Å². The summed E-state index contributed by atoms with van der Waals surface area (Å²) in [5.74, 6) is 0.359. The Hall–Kier alpha value is -2.44. The second-order valence-corrected chi connectivity index (χ2v) is 5.86. The van der Waals surface area contributed by atoms with Crippen molar-refractivity contribution in [3.63, 3.8) is 0 Å². The number of carbonyl (C=O) groups is 1. The summed E-state index contributed by atoms with van der Waals surface area (Å²) in [6, 6.07) is 13.5. The molecule has 132 valence electrons. The van der Waals surface area contributed by atoms with Crippen molar-refractivity contribution in [2.24, 2.45) is 0 Å². The molecule has 1 heterocycles. The van der Waals surface area contributed by atoms with Crippen LogP contribution in [0.2, 0.25) is 0 Å². The third-order valence-corrected chi connectivity index (χ3v) is 3.92. The fourth-order valence-electron chi connectivity index (χ4n) is 2.54. The van der Waals surface area contributed by atoms with Gasteiger partial charge < -0.3 is 20.1 Å². The molecule has 1 fully saturated rings. The van der Waals surface area contributed by atoms with Crippen molar-refractivity contribution in [1.82, 2.24) is 10.6 Å². The van der Waals surface area contributed by atoms with Gasteiger partial charge in [-0.05, 0) is 35.4 Å². The van der Waals surface area contributed by atoms with Crippen molar-refractivity contribution in [1.29, 1.82) is 0 Å². The lowest BCUT2D eigenvalue weighted by Crippen LogP contribution is -2.51. The number of hydrogen-bond acceptors (Lipinski definition) is 4. The number of morpholine rings is 1. The first-order valence-corrected chi connectivity index (χ1v) is 8.26. The van der Waals surface area contributed by atoms with Gasteiger partial charge in [-0.3, -0.25) is 4.79 Å². The van der Waals surface area contributed by atoms with Crippen LogP contribution in [-0.4, -0.2) is 31.7 Å². The van der Waals surface area contributed by atoms with Crippen molar-refractivity contribution in [2.75, 3.05) is 19.8 Å². The molecule has 6 heteroatoms. The maximum absolute atomic E-state index is 13.1. The highest BCUT2D eigenvalue weighted by atomic mass is 19.1. The fraction of sp³-hybridized carbons (Fsp3) is 0.316. The Morgan fingerprint density at radius 2 is 2.08 bits per heavy atom. The van der Waals surface area contributed by atoms with Gasteiger partial charge >= 0.3 is 0 Å². The quantitative estimate of drug-likeness (QED) is 0.842. The number of hydrogen-bond donors (Lipinski definition) is 2. The first kappa shape index (κ1) is 17.4. The number of ether oxygens (including phenoxy) is 2. The highest BCUT2D eigenvalue weighted by Crippen LogP contribution is 2.15. The summed E-state index contributed by atoms with van der Waals surface area (Å²) in [5.41, 5.74) is 1.75. The number of amides is 1. The van der Waals surface area contributed by atoms with E-state index in [0.717, 1.165) is 11.1 Å². The van der Waals surface area contributed by atoms with E-state index in [0.29, 0.717) is 38.7 Å². The molecule has 0 aliphatic carbocycles. The molecule has 1 saturated heterocycles. The van der Waals surface area contributed by atoms with E-state index in [1.165, 1.54) is 12.1 Å². The Balaban J connectivity index is 1.46. The number of carbonyl (C=O) groups excluding carboxylic acids is 1. The molecule has 0 unspecified atom stereocenters. The summed E-state index contributed by atoms with van der Waals surface area (Å²) < 4.78 is 24.0. The monoisotopic (exact) mass is 344 g/mol. The molecule has 1 aliphatic rings. The van der Waals surface area contributed by atoms with Gasteiger partial charge in [-0.25, -0.2) is 4.39 Å². The second kappa shape index (κ2) is 8.60. The molecule has 0 aromatic heterocycles. The third-order valence-electron chi connectivity index (χ3n) is 3.92. The minimum Gasteiger partial charge on any atom is -0.489 e. The molecule has 2 aromatic rings. The predicted octanol–water partition coefficient (Wildman–Crippen LogP) is 2.01. The average molecular weight is 344 g/mol. The fourth-order valence-corrected chi connectivity index (χ4v) is 2.54. The Morgan fingerprint density at radius 3 is 2.80 bits per heavy atom. The summed E-state index contributed by atoms with van der Waals surface area (Å²) in [7, 11) is 0. The molecular formula is C19H21FN2O3. The molecule has 5 nitrogen and oxygen atoms in total. The molecule has 0 bridgehead atoms. The standard InChI is InChI=1S/C19H21FN2O3/c20-16-3-1-2-15(10-16)12-25-17-6-4-14(5-7-17)11-22-19(23)18-13-24-9-8-21-18/h1-7,10,18,21H,8-9,11-13H2,(H,22,23)/t18-/m1/s1. The van der Waals surface area contributed by atoms with Crippen LogP contribution in [0.25, 0.3) is 0 Å².